The smallest absolute Gasteiger partial charge is 0.154 e. The summed E-state index contributed by atoms with van der Waals surface area (Å²) in [5.74, 6) is 0. The number of unbranched alkanes of at least 4 members (excludes halogenated alkanes) is 4. The standard InChI is InChI=1S/C11H23BrO2/c1-3-13-11(2)14-10-8-6-4-5-7-9-12/h11H,3-10H2,1-2H3. The molecule has 0 saturated heterocycles. The molecular weight excluding hydrogens is 244 g/mol. The number of alkyl halides is 1. The summed E-state index contributed by atoms with van der Waals surface area (Å²) in [5.41, 5.74) is 0. The molecule has 0 radical (unpaired) electrons. The fraction of sp³-hybridized carbons (Fsp3) is 1.00. The highest BCUT2D eigenvalue weighted by Gasteiger charge is 1.98. The van der Waals surface area contributed by atoms with E-state index < -0.39 is 0 Å². The van der Waals surface area contributed by atoms with Crippen molar-refractivity contribution in [3.05, 3.63) is 0 Å². The SMILES string of the molecule is CCOC(C)OCCCCCCCBr. The van der Waals surface area contributed by atoms with Crippen LogP contribution in [0.2, 0.25) is 0 Å². The van der Waals surface area contributed by atoms with Gasteiger partial charge < -0.3 is 9.47 Å². The topological polar surface area (TPSA) is 18.5 Å². The molecule has 3 heteroatoms. The zero-order valence-electron chi connectivity index (χ0n) is 9.43. The largest absolute Gasteiger partial charge is 0.353 e. The summed E-state index contributed by atoms with van der Waals surface area (Å²) >= 11 is 3.43. The third kappa shape index (κ3) is 10.5. The molecule has 0 aromatic heterocycles. The second kappa shape index (κ2) is 11.5. The molecule has 1 unspecified atom stereocenters. The van der Waals surface area contributed by atoms with Crippen molar-refractivity contribution in [1.82, 2.24) is 0 Å². The van der Waals surface area contributed by atoms with Crippen molar-refractivity contribution in [1.29, 1.82) is 0 Å². The number of halogens is 1. The average molecular weight is 267 g/mol. The van der Waals surface area contributed by atoms with Crippen LogP contribution < -0.4 is 0 Å². The number of hydrogen-bond acceptors (Lipinski definition) is 2. The minimum atomic E-state index is -0.0393. The summed E-state index contributed by atoms with van der Waals surface area (Å²) in [6.45, 7) is 5.50. The molecule has 0 heterocycles. The summed E-state index contributed by atoms with van der Waals surface area (Å²) in [4.78, 5) is 0. The maximum atomic E-state index is 5.46. The van der Waals surface area contributed by atoms with Gasteiger partial charge in [0.1, 0.15) is 0 Å². The Kier molecular flexibility index (Phi) is 11.8. The Morgan fingerprint density at radius 3 is 2.29 bits per heavy atom. The number of rotatable bonds is 10. The van der Waals surface area contributed by atoms with Gasteiger partial charge in [-0.3, -0.25) is 0 Å². The monoisotopic (exact) mass is 266 g/mol. The van der Waals surface area contributed by atoms with Gasteiger partial charge in [-0.25, -0.2) is 0 Å². The van der Waals surface area contributed by atoms with E-state index in [0.717, 1.165) is 25.0 Å². The summed E-state index contributed by atoms with van der Waals surface area (Å²) in [6.07, 6.45) is 6.31. The molecule has 0 aliphatic carbocycles. The van der Waals surface area contributed by atoms with E-state index in [2.05, 4.69) is 15.9 Å². The highest BCUT2D eigenvalue weighted by molar-refractivity contribution is 9.09. The van der Waals surface area contributed by atoms with Crippen molar-refractivity contribution < 1.29 is 9.47 Å². The minimum Gasteiger partial charge on any atom is -0.353 e. The van der Waals surface area contributed by atoms with Crippen LogP contribution in [0.5, 0.6) is 0 Å². The predicted molar refractivity (Wildman–Crippen MR) is 63.9 cm³/mol. The van der Waals surface area contributed by atoms with E-state index in [1.54, 1.807) is 0 Å². The molecule has 0 aliphatic heterocycles. The van der Waals surface area contributed by atoms with E-state index >= 15 is 0 Å². The molecule has 0 bridgehead atoms. The van der Waals surface area contributed by atoms with Crippen LogP contribution in [0.3, 0.4) is 0 Å². The van der Waals surface area contributed by atoms with Crippen LogP contribution in [0.15, 0.2) is 0 Å². The molecule has 0 N–H and O–H groups in total. The van der Waals surface area contributed by atoms with E-state index in [1.165, 1.54) is 25.7 Å². The third-order valence-electron chi connectivity index (χ3n) is 2.03. The number of ether oxygens (including phenoxy) is 2. The van der Waals surface area contributed by atoms with Crippen molar-refractivity contribution in [3.63, 3.8) is 0 Å². The van der Waals surface area contributed by atoms with Gasteiger partial charge in [0.2, 0.25) is 0 Å². The van der Waals surface area contributed by atoms with Crippen LogP contribution in [0.1, 0.15) is 46.0 Å². The molecule has 0 aromatic rings. The lowest BCUT2D eigenvalue weighted by atomic mass is 10.2. The Labute approximate surface area is 96.5 Å². The molecule has 0 fully saturated rings. The molecule has 14 heavy (non-hydrogen) atoms. The maximum absolute atomic E-state index is 5.46. The van der Waals surface area contributed by atoms with Gasteiger partial charge in [-0.05, 0) is 26.7 Å². The highest BCUT2D eigenvalue weighted by atomic mass is 79.9. The summed E-state index contributed by atoms with van der Waals surface area (Å²) in [5, 5.41) is 1.13. The van der Waals surface area contributed by atoms with Crippen LogP contribution in [0.4, 0.5) is 0 Å². The lowest BCUT2D eigenvalue weighted by Crippen LogP contribution is -2.13. The van der Waals surface area contributed by atoms with E-state index in [4.69, 9.17) is 9.47 Å². The van der Waals surface area contributed by atoms with Crippen molar-refractivity contribution in [2.45, 2.75) is 52.2 Å². The van der Waals surface area contributed by atoms with E-state index in [0.29, 0.717) is 0 Å². The van der Waals surface area contributed by atoms with E-state index in [-0.39, 0.29) is 6.29 Å². The zero-order valence-corrected chi connectivity index (χ0v) is 11.0. The second-order valence-corrected chi connectivity index (χ2v) is 4.14. The third-order valence-corrected chi connectivity index (χ3v) is 2.59. The first-order valence-corrected chi connectivity index (χ1v) is 6.72. The summed E-state index contributed by atoms with van der Waals surface area (Å²) in [7, 11) is 0. The lowest BCUT2D eigenvalue weighted by Gasteiger charge is -2.12. The van der Waals surface area contributed by atoms with Gasteiger partial charge in [0.25, 0.3) is 0 Å². The Hall–Kier alpha value is 0.400. The summed E-state index contributed by atoms with van der Waals surface area (Å²) < 4.78 is 10.7. The van der Waals surface area contributed by atoms with Crippen LogP contribution in [-0.2, 0) is 9.47 Å². The number of hydrogen-bond donors (Lipinski definition) is 0. The molecule has 2 nitrogen and oxygen atoms in total. The lowest BCUT2D eigenvalue weighted by molar-refractivity contribution is -0.127. The average Bonchev–Trinajstić information content (AvgIpc) is 2.17. The normalized spacial score (nSPS) is 13.1. The molecule has 0 aromatic carbocycles. The Balaban J connectivity index is 2.98. The second-order valence-electron chi connectivity index (χ2n) is 3.35. The van der Waals surface area contributed by atoms with E-state index in [9.17, 15) is 0 Å². The Bertz CT molecular complexity index is 109. The van der Waals surface area contributed by atoms with Gasteiger partial charge in [0, 0.05) is 18.5 Å². The molecule has 1 atom stereocenters. The predicted octanol–water partition coefficient (Wildman–Crippen LogP) is 3.73. The minimum absolute atomic E-state index is 0.0393. The molecule has 0 spiro atoms. The van der Waals surface area contributed by atoms with Gasteiger partial charge in [-0.15, -0.1) is 0 Å². The quantitative estimate of drug-likeness (QED) is 0.341. The fourth-order valence-electron chi connectivity index (χ4n) is 1.26. The van der Waals surface area contributed by atoms with Gasteiger partial charge in [0.15, 0.2) is 6.29 Å². The van der Waals surface area contributed by atoms with Gasteiger partial charge >= 0.3 is 0 Å². The van der Waals surface area contributed by atoms with Crippen LogP contribution >= 0.6 is 15.9 Å². The van der Waals surface area contributed by atoms with Crippen molar-refractivity contribution in [3.8, 4) is 0 Å². The van der Waals surface area contributed by atoms with Crippen molar-refractivity contribution >= 4 is 15.9 Å². The molecule has 0 saturated carbocycles. The molecule has 86 valence electrons. The van der Waals surface area contributed by atoms with Gasteiger partial charge in [-0.1, -0.05) is 35.2 Å². The Morgan fingerprint density at radius 2 is 1.64 bits per heavy atom. The van der Waals surface area contributed by atoms with Crippen LogP contribution in [-0.4, -0.2) is 24.8 Å². The van der Waals surface area contributed by atoms with Crippen LogP contribution in [0, 0.1) is 0 Å². The summed E-state index contributed by atoms with van der Waals surface area (Å²) in [6, 6.07) is 0. The first-order chi connectivity index (χ1) is 6.81. The van der Waals surface area contributed by atoms with Gasteiger partial charge in [-0.2, -0.15) is 0 Å². The van der Waals surface area contributed by atoms with Crippen LogP contribution in [0.25, 0.3) is 0 Å². The molecule has 0 aliphatic rings. The zero-order chi connectivity index (χ0) is 10.6. The molecule has 0 amide bonds. The molecule has 0 rings (SSSR count). The fourth-order valence-corrected chi connectivity index (χ4v) is 1.66. The van der Waals surface area contributed by atoms with Gasteiger partial charge in [0.05, 0.1) is 0 Å². The first-order valence-electron chi connectivity index (χ1n) is 5.60. The van der Waals surface area contributed by atoms with Crippen molar-refractivity contribution in [2.75, 3.05) is 18.5 Å². The van der Waals surface area contributed by atoms with E-state index in [1.807, 2.05) is 13.8 Å². The highest BCUT2D eigenvalue weighted by Crippen LogP contribution is 2.05. The first kappa shape index (κ1) is 14.4. The molecular formula is C11H23BrO2. The maximum Gasteiger partial charge on any atom is 0.154 e. The Morgan fingerprint density at radius 1 is 1.00 bits per heavy atom. The van der Waals surface area contributed by atoms with Crippen molar-refractivity contribution in [2.24, 2.45) is 0 Å².